The van der Waals surface area contributed by atoms with Crippen molar-refractivity contribution in [3.63, 3.8) is 0 Å². The molecule has 1 fully saturated rings. The van der Waals surface area contributed by atoms with Crippen LogP contribution in [0, 0.1) is 24.2 Å². The molecule has 148 valence electrons. The predicted molar refractivity (Wildman–Crippen MR) is 97.7 cm³/mol. The normalized spacial score (nSPS) is 20.2. The van der Waals surface area contributed by atoms with Crippen molar-refractivity contribution in [1.82, 2.24) is 9.97 Å². The first-order chi connectivity index (χ1) is 12.6. The summed E-state index contributed by atoms with van der Waals surface area (Å²) in [5, 5.41) is 19.4. The van der Waals surface area contributed by atoms with Crippen molar-refractivity contribution in [2.75, 3.05) is 25.0 Å². The van der Waals surface area contributed by atoms with Crippen molar-refractivity contribution in [1.29, 1.82) is 5.26 Å². The Morgan fingerprint density at radius 3 is 2.56 bits per heavy atom. The number of piperidine rings is 1. The van der Waals surface area contributed by atoms with E-state index in [4.69, 9.17) is 11.6 Å². The number of hydrogen-bond acceptors (Lipinski definition) is 5. The first-order valence-electron chi connectivity index (χ1n) is 8.35. The molecule has 0 saturated carbocycles. The van der Waals surface area contributed by atoms with E-state index >= 15 is 0 Å². The Hall–Kier alpha value is -2.02. The summed E-state index contributed by atoms with van der Waals surface area (Å²) >= 11 is 6.12. The van der Waals surface area contributed by atoms with Gasteiger partial charge in [0.25, 0.3) is 0 Å². The summed E-state index contributed by atoms with van der Waals surface area (Å²) in [5.41, 5.74) is 3.68. The zero-order valence-electron chi connectivity index (χ0n) is 15.2. The lowest BCUT2D eigenvalue weighted by Crippen LogP contribution is -2.42. The van der Waals surface area contributed by atoms with Gasteiger partial charge in [0.05, 0.1) is 22.3 Å². The van der Waals surface area contributed by atoms with Crippen LogP contribution in [0.4, 0.5) is 18.9 Å². The molecule has 2 unspecified atom stereocenters. The van der Waals surface area contributed by atoms with E-state index in [1.165, 1.54) is 7.05 Å². The van der Waals surface area contributed by atoms with Crippen LogP contribution < -0.4 is 10.6 Å². The summed E-state index contributed by atoms with van der Waals surface area (Å²) < 4.78 is 40.4. The minimum absolute atomic E-state index is 0.000679. The zero-order valence-corrected chi connectivity index (χ0v) is 15.9. The molecule has 0 amide bonds. The Balaban J connectivity index is 0.00000126. The number of H-pyrrole nitrogens is 1. The molecule has 0 radical (unpaired) electrons. The summed E-state index contributed by atoms with van der Waals surface area (Å²) in [6, 6.07) is 1.67. The molecule has 0 spiro atoms. The van der Waals surface area contributed by atoms with E-state index in [1.807, 2.05) is 6.92 Å². The molecule has 4 N–H and O–H groups in total. The van der Waals surface area contributed by atoms with Gasteiger partial charge in [-0.15, -0.1) is 0 Å². The van der Waals surface area contributed by atoms with Crippen LogP contribution in [0.25, 0.3) is 11.0 Å². The fraction of sp³-hybridized carbons (Fsp3) is 0.529. The molecule has 2 atom stereocenters. The Bertz CT molecular complexity index is 874. The van der Waals surface area contributed by atoms with Crippen molar-refractivity contribution in [3.05, 3.63) is 22.0 Å². The Morgan fingerprint density at radius 1 is 1.41 bits per heavy atom. The monoisotopic (exact) mass is 403 g/mol. The van der Waals surface area contributed by atoms with Gasteiger partial charge in [-0.1, -0.05) is 18.5 Å². The molecule has 3 heterocycles. The number of aliphatic hydroxyl groups excluding tert-OH is 1. The number of anilines is 1. The number of fused-ring (bicyclic) bond motifs is 1. The summed E-state index contributed by atoms with van der Waals surface area (Å²) in [5.74, 6) is -0.135. The number of aromatic nitrogens is 2. The van der Waals surface area contributed by atoms with Crippen LogP contribution in [0.15, 0.2) is 0 Å². The first kappa shape index (κ1) is 21.3. The first-order valence-corrected chi connectivity index (χ1v) is 8.72. The van der Waals surface area contributed by atoms with Crippen LogP contribution in [0.2, 0.25) is 5.02 Å². The standard InChI is InChI=1S/C16H16ClF3N4O.CH5N/c1-7-6-24(4-3-10(7)25)14-9(5-21)15(16(18,19)20)23-12-11(17)8(2)22-13(12)14;1-2/h7,10,22,25H,3-4,6H2,1-2H3;2H2,1H3. The average molecular weight is 404 g/mol. The number of hydrogen-bond donors (Lipinski definition) is 3. The van der Waals surface area contributed by atoms with Crippen LogP contribution >= 0.6 is 11.6 Å². The average Bonchev–Trinajstić information content (AvgIpc) is 2.91. The maximum Gasteiger partial charge on any atom is 0.434 e. The van der Waals surface area contributed by atoms with Crippen LogP contribution in [0.3, 0.4) is 0 Å². The van der Waals surface area contributed by atoms with E-state index in [9.17, 15) is 23.5 Å². The molecule has 3 rings (SSSR count). The SMILES string of the molecule is CN.Cc1[nH]c2c(N3CCC(O)C(C)C3)c(C#N)c(C(F)(F)F)nc2c1Cl. The minimum Gasteiger partial charge on any atom is -0.393 e. The highest BCUT2D eigenvalue weighted by molar-refractivity contribution is 6.36. The maximum absolute atomic E-state index is 13.5. The predicted octanol–water partition coefficient (Wildman–Crippen LogP) is 3.20. The highest BCUT2D eigenvalue weighted by Gasteiger charge is 2.40. The molecule has 27 heavy (non-hydrogen) atoms. The number of alkyl halides is 3. The Labute approximate surface area is 159 Å². The molecule has 1 saturated heterocycles. The van der Waals surface area contributed by atoms with Gasteiger partial charge in [0, 0.05) is 18.8 Å². The van der Waals surface area contributed by atoms with E-state index < -0.39 is 23.5 Å². The van der Waals surface area contributed by atoms with Gasteiger partial charge in [0.15, 0.2) is 5.69 Å². The fourth-order valence-corrected chi connectivity index (χ4v) is 3.42. The van der Waals surface area contributed by atoms with E-state index in [2.05, 4.69) is 15.7 Å². The third kappa shape index (κ3) is 3.83. The third-order valence-corrected chi connectivity index (χ3v) is 5.04. The highest BCUT2D eigenvalue weighted by Crippen LogP contribution is 2.42. The van der Waals surface area contributed by atoms with Crippen LogP contribution in [0.5, 0.6) is 0 Å². The number of pyridine rings is 1. The van der Waals surface area contributed by atoms with Crippen LogP contribution in [-0.4, -0.2) is 41.3 Å². The van der Waals surface area contributed by atoms with Crippen molar-refractivity contribution >= 4 is 28.3 Å². The third-order valence-electron chi connectivity index (χ3n) is 4.58. The summed E-state index contributed by atoms with van der Waals surface area (Å²) in [4.78, 5) is 8.29. The number of aryl methyl sites for hydroxylation is 1. The minimum atomic E-state index is -4.77. The number of rotatable bonds is 1. The smallest absolute Gasteiger partial charge is 0.393 e. The molecule has 0 aromatic carbocycles. The zero-order chi connectivity index (χ0) is 20.5. The van der Waals surface area contributed by atoms with Crippen LogP contribution in [-0.2, 0) is 6.18 Å². The number of aliphatic hydroxyl groups is 1. The number of nitrogens with one attached hydrogen (secondary N) is 1. The van der Waals surface area contributed by atoms with Gasteiger partial charge in [-0.25, -0.2) is 4.98 Å². The largest absolute Gasteiger partial charge is 0.434 e. The molecule has 10 heteroatoms. The molecular weight excluding hydrogens is 383 g/mol. The summed E-state index contributed by atoms with van der Waals surface area (Å²) in [7, 11) is 1.50. The van der Waals surface area contributed by atoms with Gasteiger partial charge in [-0.05, 0) is 26.3 Å². The topological polar surface area (TPSA) is 102 Å². The molecule has 1 aliphatic rings. The quantitative estimate of drug-likeness (QED) is 0.678. The van der Waals surface area contributed by atoms with E-state index in [-0.39, 0.29) is 22.1 Å². The number of nitrogens with zero attached hydrogens (tertiary/aromatic N) is 3. The van der Waals surface area contributed by atoms with Crippen molar-refractivity contribution < 1.29 is 18.3 Å². The van der Waals surface area contributed by atoms with Crippen molar-refractivity contribution in [2.24, 2.45) is 11.7 Å². The van der Waals surface area contributed by atoms with Crippen molar-refractivity contribution in [3.8, 4) is 6.07 Å². The number of nitriles is 1. The van der Waals surface area contributed by atoms with Crippen molar-refractivity contribution in [2.45, 2.75) is 32.5 Å². The van der Waals surface area contributed by atoms with Gasteiger partial charge in [-0.2, -0.15) is 18.4 Å². The number of aromatic amines is 1. The number of halogens is 4. The lowest BCUT2D eigenvalue weighted by Gasteiger charge is -2.36. The molecular formula is C17H21ClF3N5O. The van der Waals surface area contributed by atoms with Gasteiger partial charge in [0.1, 0.15) is 17.1 Å². The summed E-state index contributed by atoms with van der Waals surface area (Å²) in [6.07, 6.45) is -4.89. The molecule has 2 aromatic heterocycles. The van der Waals surface area contributed by atoms with E-state index in [1.54, 1.807) is 17.9 Å². The van der Waals surface area contributed by atoms with E-state index in [0.717, 1.165) is 0 Å². The molecule has 0 aliphatic carbocycles. The van der Waals surface area contributed by atoms with E-state index in [0.29, 0.717) is 30.7 Å². The molecule has 2 aromatic rings. The van der Waals surface area contributed by atoms with Gasteiger partial charge in [0.2, 0.25) is 0 Å². The second-order valence-electron chi connectivity index (χ2n) is 6.36. The second-order valence-corrected chi connectivity index (χ2v) is 6.74. The fourth-order valence-electron chi connectivity index (χ4n) is 3.23. The Morgan fingerprint density at radius 2 is 2.04 bits per heavy atom. The van der Waals surface area contributed by atoms with Gasteiger partial charge < -0.3 is 20.7 Å². The molecule has 1 aliphatic heterocycles. The van der Waals surface area contributed by atoms with Crippen LogP contribution in [0.1, 0.15) is 30.3 Å². The van der Waals surface area contributed by atoms with Gasteiger partial charge >= 0.3 is 6.18 Å². The second kappa shape index (κ2) is 7.92. The number of nitrogens with two attached hydrogens (primary N) is 1. The molecule has 6 nitrogen and oxygen atoms in total. The Kier molecular flexibility index (Phi) is 6.24. The lowest BCUT2D eigenvalue weighted by atomic mass is 9.95. The lowest BCUT2D eigenvalue weighted by molar-refractivity contribution is -0.141. The summed E-state index contributed by atoms with van der Waals surface area (Å²) in [6.45, 7) is 4.13. The molecule has 0 bridgehead atoms. The maximum atomic E-state index is 13.5. The highest BCUT2D eigenvalue weighted by atomic mass is 35.5. The van der Waals surface area contributed by atoms with Gasteiger partial charge in [-0.3, -0.25) is 0 Å².